The lowest BCUT2D eigenvalue weighted by molar-refractivity contribution is 0.411. The van der Waals surface area contributed by atoms with Gasteiger partial charge in [0, 0.05) is 0 Å². The van der Waals surface area contributed by atoms with Crippen LogP contribution in [-0.2, 0) is 17.3 Å². The molecular formula is C32H46O. The van der Waals surface area contributed by atoms with E-state index in [1.807, 2.05) is 12.1 Å². The van der Waals surface area contributed by atoms with E-state index in [0.717, 1.165) is 12.2 Å². The molecule has 3 rings (SSSR count). The molecule has 0 saturated heterocycles. The maximum atomic E-state index is 5.08. The van der Waals surface area contributed by atoms with Crippen LogP contribution in [0.15, 0.2) is 84.9 Å². The van der Waals surface area contributed by atoms with Gasteiger partial charge < -0.3 is 4.74 Å². The zero-order valence-corrected chi connectivity index (χ0v) is 22.7. The first-order chi connectivity index (χ1) is 15.2. The molecule has 0 aliphatic heterocycles. The number of rotatable bonds is 2. The Labute approximate surface area is 204 Å². The molecule has 0 saturated carbocycles. The Hall–Kier alpha value is -2.54. The zero-order chi connectivity index (χ0) is 25.1. The molecule has 33 heavy (non-hydrogen) atoms. The molecule has 0 atom stereocenters. The molecule has 0 N–H and O–H groups in total. The Bertz CT molecular complexity index is 887. The maximum Gasteiger partial charge on any atom is 0.118 e. The van der Waals surface area contributed by atoms with Crippen LogP contribution in [0.2, 0.25) is 0 Å². The van der Waals surface area contributed by atoms with Crippen molar-refractivity contribution in [2.75, 3.05) is 7.11 Å². The van der Waals surface area contributed by atoms with Crippen LogP contribution >= 0.6 is 0 Å². The molecule has 0 aromatic heterocycles. The van der Waals surface area contributed by atoms with Crippen molar-refractivity contribution in [1.29, 1.82) is 0 Å². The van der Waals surface area contributed by atoms with E-state index in [1.54, 1.807) is 7.11 Å². The molecule has 1 nitrogen and oxygen atoms in total. The fraction of sp³-hybridized carbons (Fsp3) is 0.438. The van der Waals surface area contributed by atoms with E-state index < -0.39 is 0 Å². The zero-order valence-electron chi connectivity index (χ0n) is 22.7. The van der Waals surface area contributed by atoms with Crippen LogP contribution < -0.4 is 4.74 Å². The summed E-state index contributed by atoms with van der Waals surface area (Å²) < 4.78 is 5.08. The highest BCUT2D eigenvalue weighted by Crippen LogP contribution is 2.24. The molecule has 0 heterocycles. The second kappa shape index (κ2) is 12.6. The van der Waals surface area contributed by atoms with Gasteiger partial charge in [-0.1, -0.05) is 135 Å². The summed E-state index contributed by atoms with van der Waals surface area (Å²) in [6.45, 7) is 20.1. The van der Waals surface area contributed by atoms with Gasteiger partial charge in [0.1, 0.15) is 5.75 Å². The van der Waals surface area contributed by atoms with Crippen LogP contribution in [0.4, 0.5) is 0 Å². The van der Waals surface area contributed by atoms with Gasteiger partial charge >= 0.3 is 0 Å². The van der Waals surface area contributed by atoms with E-state index in [2.05, 4.69) is 135 Å². The predicted molar refractivity (Wildman–Crippen MR) is 146 cm³/mol. The minimum atomic E-state index is 0.228. The summed E-state index contributed by atoms with van der Waals surface area (Å²) in [5, 5.41) is 0. The van der Waals surface area contributed by atoms with Crippen molar-refractivity contribution in [2.24, 2.45) is 5.41 Å². The van der Waals surface area contributed by atoms with Gasteiger partial charge in [0.25, 0.3) is 0 Å². The van der Waals surface area contributed by atoms with Crippen LogP contribution in [0.25, 0.3) is 0 Å². The Kier molecular flexibility index (Phi) is 10.9. The third-order valence-corrected chi connectivity index (χ3v) is 5.17. The summed E-state index contributed by atoms with van der Waals surface area (Å²) >= 11 is 0. The smallest absolute Gasteiger partial charge is 0.118 e. The minimum absolute atomic E-state index is 0.228. The summed E-state index contributed by atoms with van der Waals surface area (Å²) in [6.07, 6.45) is 1.16. The predicted octanol–water partition coefficient (Wildman–Crippen LogP) is 9.25. The highest BCUT2D eigenvalue weighted by atomic mass is 16.5. The molecule has 0 unspecified atom stereocenters. The first-order valence-corrected chi connectivity index (χ1v) is 12.0. The number of hydrogen-bond acceptors (Lipinski definition) is 1. The summed E-state index contributed by atoms with van der Waals surface area (Å²) in [7, 11) is 1.69. The molecule has 3 aromatic carbocycles. The van der Waals surface area contributed by atoms with Crippen molar-refractivity contribution in [1.82, 2.24) is 0 Å². The number of benzene rings is 3. The lowest BCUT2D eigenvalue weighted by Gasteiger charge is -2.18. The number of methoxy groups -OCH3 is 1. The maximum absolute atomic E-state index is 5.08. The normalized spacial score (nSPS) is 11.5. The molecule has 0 radical (unpaired) electrons. The summed E-state index contributed by atoms with van der Waals surface area (Å²) in [6, 6.07) is 29.4. The highest BCUT2D eigenvalue weighted by Gasteiger charge is 2.13. The van der Waals surface area contributed by atoms with E-state index >= 15 is 0 Å². The van der Waals surface area contributed by atoms with Gasteiger partial charge in [0.15, 0.2) is 0 Å². The second-order valence-electron chi connectivity index (χ2n) is 11.8. The van der Waals surface area contributed by atoms with E-state index in [1.165, 1.54) is 16.7 Å². The fourth-order valence-corrected chi connectivity index (χ4v) is 3.24. The van der Waals surface area contributed by atoms with Gasteiger partial charge in [-0.2, -0.15) is 0 Å². The average Bonchev–Trinajstić information content (AvgIpc) is 2.74. The molecule has 0 aliphatic carbocycles. The van der Waals surface area contributed by atoms with E-state index in [0.29, 0.717) is 10.8 Å². The number of ether oxygens (including phenoxy) is 1. The standard InChI is InChI=1S/C11H16O.C11H16.C10H14/c1-11(2,3)9-5-7-10(12-4)8-6-9;1-11(2,3)9-10-7-5-4-6-8-10;1-10(2,3)9-7-5-4-6-8-9/h5-8H,1-4H3;4-8H,9H2,1-3H3;4-8H,1-3H3. The average molecular weight is 447 g/mol. The topological polar surface area (TPSA) is 9.23 Å². The molecule has 3 aromatic rings. The van der Waals surface area contributed by atoms with Crippen molar-refractivity contribution >= 4 is 0 Å². The SMILES string of the molecule is CC(C)(C)Cc1ccccc1.CC(C)(C)c1ccccc1.COc1ccc(C(C)(C)C)cc1. The van der Waals surface area contributed by atoms with Crippen molar-refractivity contribution in [3.8, 4) is 5.75 Å². The summed E-state index contributed by atoms with van der Waals surface area (Å²) in [5.41, 5.74) is 5.09. The summed E-state index contributed by atoms with van der Waals surface area (Å²) in [5.74, 6) is 0.919. The minimum Gasteiger partial charge on any atom is -0.497 e. The van der Waals surface area contributed by atoms with Crippen molar-refractivity contribution in [3.05, 3.63) is 102 Å². The second-order valence-corrected chi connectivity index (χ2v) is 11.8. The van der Waals surface area contributed by atoms with Crippen LogP contribution in [0, 0.1) is 5.41 Å². The van der Waals surface area contributed by atoms with E-state index in [4.69, 9.17) is 4.74 Å². The van der Waals surface area contributed by atoms with Gasteiger partial charge in [-0.25, -0.2) is 0 Å². The molecule has 0 spiro atoms. The van der Waals surface area contributed by atoms with Crippen LogP contribution in [0.3, 0.4) is 0 Å². The van der Waals surface area contributed by atoms with E-state index in [9.17, 15) is 0 Å². The van der Waals surface area contributed by atoms with Gasteiger partial charge in [0.2, 0.25) is 0 Å². The first-order valence-electron chi connectivity index (χ1n) is 12.0. The molecule has 1 heteroatoms. The lowest BCUT2D eigenvalue weighted by Crippen LogP contribution is -2.10. The van der Waals surface area contributed by atoms with Crippen LogP contribution in [0.1, 0.15) is 79.0 Å². The lowest BCUT2D eigenvalue weighted by atomic mass is 9.87. The Morgan fingerprint density at radius 2 is 0.909 bits per heavy atom. The van der Waals surface area contributed by atoms with Crippen molar-refractivity contribution in [3.63, 3.8) is 0 Å². The molecule has 0 bridgehead atoms. The quantitative estimate of drug-likeness (QED) is 0.381. The Balaban J connectivity index is 0.000000249. The third kappa shape index (κ3) is 12.3. The molecule has 180 valence electrons. The van der Waals surface area contributed by atoms with Gasteiger partial charge in [-0.15, -0.1) is 0 Å². The van der Waals surface area contributed by atoms with Gasteiger partial charge in [0.05, 0.1) is 7.11 Å². The van der Waals surface area contributed by atoms with Crippen molar-refractivity contribution < 1.29 is 4.74 Å². The van der Waals surface area contributed by atoms with Crippen LogP contribution in [-0.4, -0.2) is 7.11 Å². The Morgan fingerprint density at radius 3 is 1.24 bits per heavy atom. The first kappa shape index (κ1) is 28.5. The van der Waals surface area contributed by atoms with Crippen LogP contribution in [0.5, 0.6) is 5.75 Å². The largest absolute Gasteiger partial charge is 0.497 e. The summed E-state index contributed by atoms with van der Waals surface area (Å²) in [4.78, 5) is 0. The molecule has 0 aliphatic rings. The monoisotopic (exact) mass is 446 g/mol. The molecule has 0 amide bonds. The van der Waals surface area contributed by atoms with Crippen molar-refractivity contribution in [2.45, 2.75) is 79.6 Å². The third-order valence-electron chi connectivity index (χ3n) is 5.17. The highest BCUT2D eigenvalue weighted by molar-refractivity contribution is 5.30. The number of hydrogen-bond donors (Lipinski definition) is 0. The molecular weight excluding hydrogens is 400 g/mol. The molecule has 0 fully saturated rings. The van der Waals surface area contributed by atoms with Gasteiger partial charge in [-0.3, -0.25) is 0 Å². The van der Waals surface area contributed by atoms with Gasteiger partial charge in [-0.05, 0) is 51.5 Å². The van der Waals surface area contributed by atoms with E-state index in [-0.39, 0.29) is 5.41 Å². The fourth-order valence-electron chi connectivity index (χ4n) is 3.24. The Morgan fingerprint density at radius 1 is 0.515 bits per heavy atom.